The standard InChI is InChI=1S/C8H6ClIN2O/c1-2-3-13-5-6-4-11-8(9)12-7(6)10/h1,4H,3,5H2. The van der Waals surface area contributed by atoms with Crippen LogP contribution < -0.4 is 0 Å². The number of ether oxygens (including phenoxy) is 1. The zero-order valence-corrected chi connectivity index (χ0v) is 9.54. The van der Waals surface area contributed by atoms with Crippen LogP contribution in [-0.2, 0) is 11.3 Å². The third kappa shape index (κ3) is 3.46. The Balaban J connectivity index is 2.62. The van der Waals surface area contributed by atoms with Crippen LogP contribution in [0.2, 0.25) is 5.28 Å². The highest BCUT2D eigenvalue weighted by Crippen LogP contribution is 2.11. The first-order valence-corrected chi connectivity index (χ1v) is 4.88. The van der Waals surface area contributed by atoms with Crippen LogP contribution in [0.5, 0.6) is 0 Å². The maximum atomic E-state index is 5.58. The van der Waals surface area contributed by atoms with E-state index in [0.29, 0.717) is 13.2 Å². The first-order valence-electron chi connectivity index (χ1n) is 3.42. The molecule has 5 heteroatoms. The third-order valence-electron chi connectivity index (χ3n) is 1.23. The lowest BCUT2D eigenvalue weighted by atomic mass is 10.4. The highest BCUT2D eigenvalue weighted by Gasteiger charge is 2.02. The van der Waals surface area contributed by atoms with E-state index in [0.717, 1.165) is 9.26 Å². The van der Waals surface area contributed by atoms with Crippen molar-refractivity contribution >= 4 is 34.2 Å². The van der Waals surface area contributed by atoms with Gasteiger partial charge in [0.1, 0.15) is 10.3 Å². The molecule has 1 heterocycles. The Hall–Kier alpha value is -0.380. The first-order chi connectivity index (χ1) is 6.24. The highest BCUT2D eigenvalue weighted by atomic mass is 127. The van der Waals surface area contributed by atoms with Crippen molar-refractivity contribution in [2.75, 3.05) is 6.61 Å². The van der Waals surface area contributed by atoms with Gasteiger partial charge >= 0.3 is 0 Å². The molecule has 0 fully saturated rings. The SMILES string of the molecule is C#CCOCc1cnc(Cl)nc1I. The zero-order chi connectivity index (χ0) is 9.68. The second kappa shape index (κ2) is 5.37. The van der Waals surface area contributed by atoms with E-state index in [1.165, 1.54) is 0 Å². The van der Waals surface area contributed by atoms with Crippen molar-refractivity contribution in [2.24, 2.45) is 0 Å². The van der Waals surface area contributed by atoms with E-state index in [2.05, 4.69) is 38.5 Å². The molecule has 0 unspecified atom stereocenters. The van der Waals surface area contributed by atoms with Gasteiger partial charge in [0.2, 0.25) is 5.28 Å². The minimum Gasteiger partial charge on any atom is -0.364 e. The van der Waals surface area contributed by atoms with Crippen molar-refractivity contribution < 1.29 is 4.74 Å². The highest BCUT2D eigenvalue weighted by molar-refractivity contribution is 14.1. The number of rotatable bonds is 3. The first kappa shape index (κ1) is 10.7. The van der Waals surface area contributed by atoms with Gasteiger partial charge in [-0.2, -0.15) is 0 Å². The van der Waals surface area contributed by atoms with Crippen molar-refractivity contribution in [3.63, 3.8) is 0 Å². The van der Waals surface area contributed by atoms with Gasteiger partial charge in [0.15, 0.2) is 0 Å². The van der Waals surface area contributed by atoms with Crippen molar-refractivity contribution in [1.82, 2.24) is 9.97 Å². The molecule has 1 rings (SSSR count). The van der Waals surface area contributed by atoms with Gasteiger partial charge in [0, 0.05) is 11.8 Å². The molecule has 0 spiro atoms. The molecule has 0 saturated heterocycles. The smallest absolute Gasteiger partial charge is 0.223 e. The minimum atomic E-state index is 0.241. The van der Waals surface area contributed by atoms with Gasteiger partial charge in [-0.05, 0) is 34.2 Å². The molecule has 0 saturated carbocycles. The monoisotopic (exact) mass is 308 g/mol. The van der Waals surface area contributed by atoms with Crippen molar-refractivity contribution in [3.05, 3.63) is 20.7 Å². The summed E-state index contributed by atoms with van der Waals surface area (Å²) in [5.74, 6) is 2.38. The maximum Gasteiger partial charge on any atom is 0.223 e. The lowest BCUT2D eigenvalue weighted by Crippen LogP contribution is -1.99. The molecular formula is C8H6ClIN2O. The van der Waals surface area contributed by atoms with Crippen molar-refractivity contribution in [3.8, 4) is 12.3 Å². The van der Waals surface area contributed by atoms with Crippen molar-refractivity contribution in [2.45, 2.75) is 6.61 Å². The molecule has 0 aromatic carbocycles. The van der Waals surface area contributed by atoms with E-state index in [4.69, 9.17) is 22.8 Å². The third-order valence-corrected chi connectivity index (χ3v) is 2.34. The van der Waals surface area contributed by atoms with Crippen molar-refractivity contribution in [1.29, 1.82) is 0 Å². The number of terminal acetylenes is 1. The molecule has 0 amide bonds. The van der Waals surface area contributed by atoms with Gasteiger partial charge in [0.05, 0.1) is 6.61 Å². The summed E-state index contributed by atoms with van der Waals surface area (Å²) >= 11 is 7.65. The Bertz CT molecular complexity index is 337. The summed E-state index contributed by atoms with van der Waals surface area (Å²) in [7, 11) is 0. The Morgan fingerprint density at radius 3 is 3.08 bits per heavy atom. The Kier molecular flexibility index (Phi) is 4.42. The Morgan fingerprint density at radius 1 is 1.69 bits per heavy atom. The summed E-state index contributed by atoms with van der Waals surface area (Å²) < 4.78 is 5.91. The molecule has 0 bridgehead atoms. The molecule has 0 aliphatic rings. The topological polar surface area (TPSA) is 35.0 Å². The molecular weight excluding hydrogens is 302 g/mol. The molecule has 1 aromatic rings. The van der Waals surface area contributed by atoms with Gasteiger partial charge in [-0.3, -0.25) is 0 Å². The summed E-state index contributed by atoms with van der Waals surface area (Å²) in [6, 6.07) is 0. The summed E-state index contributed by atoms with van der Waals surface area (Å²) in [5, 5.41) is 0.241. The van der Waals surface area contributed by atoms with Crippen LogP contribution in [0.3, 0.4) is 0 Å². The van der Waals surface area contributed by atoms with E-state index in [-0.39, 0.29) is 5.28 Å². The van der Waals surface area contributed by atoms with Gasteiger partial charge in [-0.1, -0.05) is 5.92 Å². The largest absolute Gasteiger partial charge is 0.364 e. The van der Waals surface area contributed by atoms with Crippen LogP contribution in [-0.4, -0.2) is 16.6 Å². The number of halogens is 2. The molecule has 13 heavy (non-hydrogen) atoms. The van der Waals surface area contributed by atoms with Crippen LogP contribution in [0.4, 0.5) is 0 Å². The maximum absolute atomic E-state index is 5.58. The fourth-order valence-corrected chi connectivity index (χ4v) is 1.48. The number of nitrogens with zero attached hydrogens (tertiary/aromatic N) is 2. The second-order valence-electron chi connectivity index (χ2n) is 2.15. The van der Waals surface area contributed by atoms with E-state index in [1.54, 1.807) is 6.20 Å². The van der Waals surface area contributed by atoms with E-state index < -0.39 is 0 Å². The van der Waals surface area contributed by atoms with Gasteiger partial charge < -0.3 is 4.74 Å². The van der Waals surface area contributed by atoms with Gasteiger partial charge in [-0.25, -0.2) is 9.97 Å². The van der Waals surface area contributed by atoms with E-state index in [1.807, 2.05) is 0 Å². The Labute approximate surface area is 95.0 Å². The van der Waals surface area contributed by atoms with Crippen LogP contribution in [0.15, 0.2) is 6.20 Å². The lowest BCUT2D eigenvalue weighted by Gasteiger charge is -2.02. The fourth-order valence-electron chi connectivity index (χ4n) is 0.683. The fraction of sp³-hybridized carbons (Fsp3) is 0.250. The normalized spacial score (nSPS) is 9.62. The lowest BCUT2D eigenvalue weighted by molar-refractivity contribution is 0.152. The number of aromatic nitrogens is 2. The second-order valence-corrected chi connectivity index (χ2v) is 3.51. The van der Waals surface area contributed by atoms with Crippen LogP contribution >= 0.6 is 34.2 Å². The summed E-state index contributed by atoms with van der Waals surface area (Å²) in [6.07, 6.45) is 6.66. The van der Waals surface area contributed by atoms with Crippen LogP contribution in [0, 0.1) is 16.0 Å². The summed E-state index contributed by atoms with van der Waals surface area (Å²) in [4.78, 5) is 7.80. The molecule has 0 atom stereocenters. The Morgan fingerprint density at radius 2 is 2.46 bits per heavy atom. The summed E-state index contributed by atoms with van der Waals surface area (Å²) in [5.41, 5.74) is 0.889. The molecule has 0 radical (unpaired) electrons. The molecule has 0 N–H and O–H groups in total. The van der Waals surface area contributed by atoms with Crippen LogP contribution in [0.1, 0.15) is 5.56 Å². The quantitative estimate of drug-likeness (QED) is 0.281. The van der Waals surface area contributed by atoms with Crippen LogP contribution in [0.25, 0.3) is 0 Å². The van der Waals surface area contributed by atoms with E-state index in [9.17, 15) is 0 Å². The minimum absolute atomic E-state index is 0.241. The number of hydrogen-bond donors (Lipinski definition) is 0. The molecule has 3 nitrogen and oxygen atoms in total. The number of hydrogen-bond acceptors (Lipinski definition) is 3. The molecule has 68 valence electrons. The van der Waals surface area contributed by atoms with E-state index >= 15 is 0 Å². The molecule has 0 aliphatic heterocycles. The van der Waals surface area contributed by atoms with Gasteiger partial charge in [0.25, 0.3) is 0 Å². The predicted molar refractivity (Wildman–Crippen MR) is 58.2 cm³/mol. The molecule has 0 aliphatic carbocycles. The zero-order valence-electron chi connectivity index (χ0n) is 6.63. The van der Waals surface area contributed by atoms with Gasteiger partial charge in [-0.15, -0.1) is 6.42 Å². The average Bonchev–Trinajstić information content (AvgIpc) is 2.09. The molecule has 1 aromatic heterocycles. The summed E-state index contributed by atoms with van der Waals surface area (Å²) in [6.45, 7) is 0.707. The average molecular weight is 309 g/mol. The predicted octanol–water partition coefficient (Wildman–Crippen LogP) is 1.88.